The number of para-hydroxylation sites is 1. The monoisotopic (exact) mass is 521 g/mol. The average molecular weight is 522 g/mol. The summed E-state index contributed by atoms with van der Waals surface area (Å²) in [5, 5.41) is 5.59. The molecular weight excluding hydrogens is 490 g/mol. The molecule has 8 nitrogen and oxygen atoms in total. The molecule has 1 heterocycles. The number of carbonyl (C=O) groups is 2. The number of anilines is 2. The highest BCUT2D eigenvalue weighted by Crippen LogP contribution is 2.25. The zero-order valence-corrected chi connectivity index (χ0v) is 21.8. The van der Waals surface area contributed by atoms with Crippen molar-refractivity contribution in [2.24, 2.45) is 0 Å². The van der Waals surface area contributed by atoms with Crippen molar-refractivity contribution in [2.75, 3.05) is 29.3 Å². The maximum Gasteiger partial charge on any atom is 0.264 e. The highest BCUT2D eigenvalue weighted by Gasteiger charge is 2.28. The number of benzene rings is 3. The molecule has 0 bridgehead atoms. The smallest absolute Gasteiger partial charge is 0.264 e. The van der Waals surface area contributed by atoms with Gasteiger partial charge in [0.05, 0.1) is 27.9 Å². The van der Waals surface area contributed by atoms with Gasteiger partial charge in [-0.2, -0.15) is 0 Å². The van der Waals surface area contributed by atoms with Crippen molar-refractivity contribution in [3.05, 3.63) is 89.5 Å². The number of ether oxygens (including phenoxy) is 1. The molecule has 9 heteroatoms. The molecule has 2 N–H and O–H groups in total. The van der Waals surface area contributed by atoms with Gasteiger partial charge in [0.15, 0.2) is 0 Å². The Morgan fingerprint density at radius 2 is 1.73 bits per heavy atom. The van der Waals surface area contributed by atoms with Gasteiger partial charge in [-0.15, -0.1) is 0 Å². The minimum Gasteiger partial charge on any atom is -0.376 e. The number of hydrogen-bond donors (Lipinski definition) is 2. The van der Waals surface area contributed by atoms with Gasteiger partial charge in [-0.25, -0.2) is 8.42 Å². The van der Waals surface area contributed by atoms with Crippen LogP contribution in [0.15, 0.2) is 77.7 Å². The second-order valence-electron chi connectivity index (χ2n) is 9.10. The van der Waals surface area contributed by atoms with Crippen LogP contribution >= 0.6 is 0 Å². The van der Waals surface area contributed by atoms with Crippen LogP contribution in [0.3, 0.4) is 0 Å². The van der Waals surface area contributed by atoms with Crippen LogP contribution in [0, 0.1) is 13.8 Å². The van der Waals surface area contributed by atoms with E-state index in [1.54, 1.807) is 54.6 Å². The Balaban J connectivity index is 1.55. The molecule has 3 aromatic rings. The minimum atomic E-state index is -4.04. The van der Waals surface area contributed by atoms with Crippen molar-refractivity contribution < 1.29 is 22.7 Å². The fourth-order valence-corrected chi connectivity index (χ4v) is 5.57. The van der Waals surface area contributed by atoms with Crippen LogP contribution in [-0.2, 0) is 19.6 Å². The Hall–Kier alpha value is -3.69. The van der Waals surface area contributed by atoms with Crippen molar-refractivity contribution >= 4 is 33.2 Å². The van der Waals surface area contributed by atoms with Gasteiger partial charge in [0.25, 0.3) is 15.9 Å². The van der Waals surface area contributed by atoms with Gasteiger partial charge >= 0.3 is 0 Å². The summed E-state index contributed by atoms with van der Waals surface area (Å²) in [7, 11) is -4.04. The third-order valence-corrected chi connectivity index (χ3v) is 7.93. The molecule has 0 spiro atoms. The Kier molecular flexibility index (Phi) is 8.25. The van der Waals surface area contributed by atoms with Gasteiger partial charge in [0, 0.05) is 13.2 Å². The summed E-state index contributed by atoms with van der Waals surface area (Å²) >= 11 is 0. The Morgan fingerprint density at radius 3 is 2.43 bits per heavy atom. The first-order chi connectivity index (χ1) is 17.7. The van der Waals surface area contributed by atoms with Gasteiger partial charge in [-0.05, 0) is 68.7 Å². The van der Waals surface area contributed by atoms with E-state index in [1.807, 2.05) is 19.9 Å². The molecule has 1 aliphatic heterocycles. The molecule has 4 rings (SSSR count). The van der Waals surface area contributed by atoms with Crippen LogP contribution in [0.2, 0.25) is 0 Å². The lowest BCUT2D eigenvalue weighted by molar-refractivity contribution is -0.114. The van der Waals surface area contributed by atoms with Crippen LogP contribution < -0.4 is 14.9 Å². The Morgan fingerprint density at radius 1 is 0.973 bits per heavy atom. The van der Waals surface area contributed by atoms with Gasteiger partial charge < -0.3 is 15.4 Å². The van der Waals surface area contributed by atoms with Crippen molar-refractivity contribution in [1.82, 2.24) is 5.32 Å². The van der Waals surface area contributed by atoms with Crippen LogP contribution in [0.1, 0.15) is 34.3 Å². The molecule has 37 heavy (non-hydrogen) atoms. The van der Waals surface area contributed by atoms with E-state index < -0.39 is 22.5 Å². The highest BCUT2D eigenvalue weighted by molar-refractivity contribution is 7.92. The molecule has 1 saturated heterocycles. The Bertz CT molecular complexity index is 1370. The first kappa shape index (κ1) is 26.4. The second kappa shape index (κ2) is 11.6. The van der Waals surface area contributed by atoms with E-state index in [2.05, 4.69) is 10.6 Å². The van der Waals surface area contributed by atoms with Crippen molar-refractivity contribution in [2.45, 2.75) is 37.7 Å². The van der Waals surface area contributed by atoms with Crippen molar-refractivity contribution in [3.63, 3.8) is 0 Å². The van der Waals surface area contributed by atoms with Gasteiger partial charge in [0.1, 0.15) is 6.54 Å². The topological polar surface area (TPSA) is 105 Å². The number of hydrogen-bond acceptors (Lipinski definition) is 5. The molecule has 0 saturated carbocycles. The van der Waals surface area contributed by atoms with Crippen molar-refractivity contribution in [1.29, 1.82) is 0 Å². The summed E-state index contributed by atoms with van der Waals surface area (Å²) in [6.07, 6.45) is 1.85. The van der Waals surface area contributed by atoms with E-state index in [9.17, 15) is 18.0 Å². The normalized spacial score (nSPS) is 15.2. The molecule has 2 amide bonds. The summed E-state index contributed by atoms with van der Waals surface area (Å²) in [6.45, 7) is 4.33. The second-order valence-corrected chi connectivity index (χ2v) is 11.0. The number of sulfonamides is 1. The maximum atomic E-state index is 13.6. The summed E-state index contributed by atoms with van der Waals surface area (Å²) < 4.78 is 33.8. The molecule has 3 aromatic carbocycles. The van der Waals surface area contributed by atoms with E-state index in [4.69, 9.17) is 4.74 Å². The van der Waals surface area contributed by atoms with E-state index >= 15 is 0 Å². The van der Waals surface area contributed by atoms with Crippen molar-refractivity contribution in [3.8, 4) is 0 Å². The zero-order chi connectivity index (χ0) is 26.4. The van der Waals surface area contributed by atoms with Crippen LogP contribution in [0.25, 0.3) is 0 Å². The first-order valence-electron chi connectivity index (χ1n) is 12.2. The molecule has 0 aliphatic carbocycles. The van der Waals surface area contributed by atoms with Crippen LogP contribution in [-0.4, -0.2) is 46.0 Å². The molecule has 0 unspecified atom stereocenters. The number of rotatable bonds is 9. The number of nitrogens with one attached hydrogen (secondary N) is 2. The standard InChI is InChI=1S/C28H31N3O5S/c1-20-12-14-24(15-13-20)37(34,35)31(22-8-5-7-21(2)17-22)19-27(32)30-26-11-4-3-10-25(26)28(33)29-18-23-9-6-16-36-23/h3-5,7-8,10-15,17,23H,6,9,16,18-19H2,1-2H3,(H,29,33)(H,30,32)/t23-/m1/s1. The summed E-state index contributed by atoms with van der Waals surface area (Å²) in [5.41, 5.74) is 2.74. The molecular formula is C28H31N3O5S. The molecule has 1 aliphatic rings. The van der Waals surface area contributed by atoms with Gasteiger partial charge in [-0.1, -0.05) is 42.0 Å². The number of amides is 2. The van der Waals surface area contributed by atoms with E-state index in [0.717, 1.165) is 28.3 Å². The zero-order valence-electron chi connectivity index (χ0n) is 20.9. The predicted molar refractivity (Wildman–Crippen MR) is 143 cm³/mol. The third kappa shape index (κ3) is 6.55. The lowest BCUT2D eigenvalue weighted by Crippen LogP contribution is -2.38. The van der Waals surface area contributed by atoms with Crippen LogP contribution in [0.4, 0.5) is 11.4 Å². The average Bonchev–Trinajstić information content (AvgIpc) is 3.40. The van der Waals surface area contributed by atoms with E-state index in [1.165, 1.54) is 12.1 Å². The molecule has 0 radical (unpaired) electrons. The fraction of sp³-hybridized carbons (Fsp3) is 0.286. The number of aryl methyl sites for hydroxylation is 2. The lowest BCUT2D eigenvalue weighted by atomic mass is 10.1. The molecule has 1 atom stereocenters. The fourth-order valence-electron chi connectivity index (χ4n) is 4.15. The highest BCUT2D eigenvalue weighted by atomic mass is 32.2. The predicted octanol–water partition coefficient (Wildman–Crippen LogP) is 4.05. The largest absolute Gasteiger partial charge is 0.376 e. The quantitative estimate of drug-likeness (QED) is 0.442. The first-order valence-corrected chi connectivity index (χ1v) is 13.6. The SMILES string of the molecule is Cc1ccc(S(=O)(=O)N(CC(=O)Nc2ccccc2C(=O)NC[C@H]2CCCO2)c2cccc(C)c2)cc1. The van der Waals surface area contributed by atoms with E-state index in [-0.39, 0.29) is 22.5 Å². The molecule has 194 valence electrons. The minimum absolute atomic E-state index is 0.0134. The van der Waals surface area contributed by atoms with Crippen LogP contribution in [0.5, 0.6) is 0 Å². The molecule has 1 fully saturated rings. The third-order valence-electron chi connectivity index (χ3n) is 6.15. The number of carbonyl (C=O) groups excluding carboxylic acids is 2. The maximum absolute atomic E-state index is 13.6. The van der Waals surface area contributed by atoms with E-state index in [0.29, 0.717) is 24.5 Å². The molecule has 0 aromatic heterocycles. The summed E-state index contributed by atoms with van der Waals surface area (Å²) in [5.74, 6) is -0.911. The summed E-state index contributed by atoms with van der Waals surface area (Å²) in [6, 6.07) is 20.1. The number of nitrogens with zero attached hydrogens (tertiary/aromatic N) is 1. The van der Waals surface area contributed by atoms with Gasteiger partial charge in [0.2, 0.25) is 5.91 Å². The summed E-state index contributed by atoms with van der Waals surface area (Å²) in [4.78, 5) is 26.1. The lowest BCUT2D eigenvalue weighted by Gasteiger charge is -2.25. The Labute approximate surface area is 217 Å². The van der Waals surface area contributed by atoms with Gasteiger partial charge in [-0.3, -0.25) is 13.9 Å².